The number of alkyl halides is 3. The van der Waals surface area contributed by atoms with E-state index in [1.807, 2.05) is 0 Å². The van der Waals surface area contributed by atoms with Gasteiger partial charge in [0.25, 0.3) is 0 Å². The van der Waals surface area contributed by atoms with Crippen molar-refractivity contribution < 1.29 is 17.6 Å². The van der Waals surface area contributed by atoms with Gasteiger partial charge in [0.05, 0.1) is 0 Å². The third-order valence-corrected chi connectivity index (χ3v) is 4.84. The summed E-state index contributed by atoms with van der Waals surface area (Å²) in [5.74, 6) is 0. The first-order valence-corrected chi connectivity index (χ1v) is 6.28. The molecule has 0 N–H and O–H groups in total. The van der Waals surface area contributed by atoms with Crippen molar-refractivity contribution in [1.82, 2.24) is 0 Å². The van der Waals surface area contributed by atoms with Gasteiger partial charge in [0.15, 0.2) is 0 Å². The second-order valence-electron chi connectivity index (χ2n) is 2.84. The first-order chi connectivity index (χ1) is 5.33. The van der Waals surface area contributed by atoms with Crippen molar-refractivity contribution in [3.63, 3.8) is 0 Å². The number of hydrogen-bond donors (Lipinski definition) is 0. The molecule has 0 spiro atoms. The average Bonchev–Trinajstić information content (AvgIpc) is 1.99. The third-order valence-electron chi connectivity index (χ3n) is 1.80. The van der Waals surface area contributed by atoms with E-state index < -0.39 is 20.9 Å². The Balaban J connectivity index is 3.98. The highest BCUT2D eigenvalue weighted by Crippen LogP contribution is 2.26. The summed E-state index contributed by atoms with van der Waals surface area (Å²) in [6, 6.07) is 0.0521. The summed E-state index contributed by atoms with van der Waals surface area (Å²) in [7, 11) is -0.828. The molecule has 0 aromatic rings. The van der Waals surface area contributed by atoms with Gasteiger partial charge in [-0.25, -0.2) is 0 Å². The van der Waals surface area contributed by atoms with Crippen LogP contribution in [-0.2, 0) is 4.43 Å². The van der Waals surface area contributed by atoms with Gasteiger partial charge in [-0.3, -0.25) is 0 Å². The summed E-state index contributed by atoms with van der Waals surface area (Å²) in [5, 5.41) is 0. The zero-order chi connectivity index (χ0) is 9.83. The van der Waals surface area contributed by atoms with Crippen LogP contribution >= 0.6 is 0 Å². The number of rotatable bonds is 4. The van der Waals surface area contributed by atoms with Crippen LogP contribution in [0.15, 0.2) is 12.3 Å². The van der Waals surface area contributed by atoms with Gasteiger partial charge < -0.3 is 4.43 Å². The molecule has 1 nitrogen and oxygen atoms in total. The normalized spacial score (nSPS) is 17.1. The summed E-state index contributed by atoms with van der Waals surface area (Å²) in [6.07, 6.45) is -4.87. The van der Waals surface area contributed by atoms with Gasteiger partial charge in [-0.15, -0.1) is 6.58 Å². The minimum atomic E-state index is -4.09. The minimum Gasteiger partial charge on any atom is -0.416 e. The zero-order valence-electron chi connectivity index (χ0n) is 7.24. The van der Waals surface area contributed by atoms with Crippen molar-refractivity contribution in [3.05, 3.63) is 12.3 Å². The molecule has 0 aliphatic heterocycles. The first kappa shape index (κ1) is 11.7. The fourth-order valence-corrected chi connectivity index (χ4v) is 2.03. The van der Waals surface area contributed by atoms with E-state index >= 15 is 0 Å². The average molecular weight is 198 g/mol. The van der Waals surface area contributed by atoms with Gasteiger partial charge in [-0.1, -0.05) is 5.70 Å². The van der Waals surface area contributed by atoms with E-state index in [9.17, 15) is 13.2 Å². The Morgan fingerprint density at radius 3 is 2.25 bits per heavy atom. The largest absolute Gasteiger partial charge is 0.416 e. The van der Waals surface area contributed by atoms with Crippen LogP contribution in [0, 0.1) is 0 Å². The molecule has 0 heterocycles. The van der Waals surface area contributed by atoms with Crippen LogP contribution < -0.4 is 0 Å². The zero-order valence-corrected chi connectivity index (χ0v) is 8.24. The van der Waals surface area contributed by atoms with Crippen molar-refractivity contribution in [2.75, 3.05) is 7.11 Å². The highest BCUT2D eigenvalue weighted by atomic mass is 28.4. The van der Waals surface area contributed by atoms with Crippen molar-refractivity contribution in [2.24, 2.45) is 0 Å². The fraction of sp³-hybridized carbons (Fsp3) is 0.714. The van der Waals surface area contributed by atoms with E-state index in [2.05, 4.69) is 6.58 Å². The molecule has 0 amide bonds. The maximum absolute atomic E-state index is 11.8. The fourth-order valence-electron chi connectivity index (χ4n) is 0.677. The molecule has 0 fully saturated rings. The highest BCUT2D eigenvalue weighted by Gasteiger charge is 2.33. The lowest BCUT2D eigenvalue weighted by Gasteiger charge is -2.21. The molecule has 0 aliphatic rings. The Labute approximate surface area is 71.4 Å². The van der Waals surface area contributed by atoms with Crippen LogP contribution in [0.4, 0.5) is 13.2 Å². The molecular formula is C7H13F3OSi. The van der Waals surface area contributed by atoms with E-state index in [1.54, 1.807) is 6.55 Å². The summed E-state index contributed by atoms with van der Waals surface area (Å²) in [6.45, 7) is 5.19. The Hall–Kier alpha value is -0.293. The summed E-state index contributed by atoms with van der Waals surface area (Å²) in [4.78, 5) is 0. The maximum Gasteiger partial charge on any atom is 0.388 e. The Bertz CT molecular complexity index is 157. The van der Waals surface area contributed by atoms with Gasteiger partial charge in [0.2, 0.25) is 8.32 Å². The quantitative estimate of drug-likeness (QED) is 0.631. The van der Waals surface area contributed by atoms with Gasteiger partial charge >= 0.3 is 6.18 Å². The van der Waals surface area contributed by atoms with E-state index in [-0.39, 0.29) is 6.04 Å². The van der Waals surface area contributed by atoms with E-state index in [0.29, 0.717) is 0 Å². The molecule has 0 bridgehead atoms. The SMILES string of the molecule is C=C[Si](C)(CCC(F)(F)F)OC. The first-order valence-electron chi connectivity index (χ1n) is 3.58. The topological polar surface area (TPSA) is 9.23 Å². The molecule has 12 heavy (non-hydrogen) atoms. The Morgan fingerprint density at radius 2 is 2.00 bits per heavy atom. The molecule has 0 saturated carbocycles. The standard InChI is InChI=1S/C7H13F3OSi/c1-4-12(3,11-2)6-5-7(8,9)10/h4H,1,5-6H2,2-3H3. The number of hydrogen-bond acceptors (Lipinski definition) is 1. The van der Waals surface area contributed by atoms with E-state index in [4.69, 9.17) is 4.43 Å². The Morgan fingerprint density at radius 1 is 1.50 bits per heavy atom. The molecule has 0 aliphatic carbocycles. The van der Waals surface area contributed by atoms with Crippen molar-refractivity contribution in [2.45, 2.75) is 25.2 Å². The van der Waals surface area contributed by atoms with Crippen molar-refractivity contribution >= 4 is 8.32 Å². The van der Waals surface area contributed by atoms with Gasteiger partial charge in [0.1, 0.15) is 0 Å². The summed E-state index contributed by atoms with van der Waals surface area (Å²) >= 11 is 0. The van der Waals surface area contributed by atoms with Crippen LogP contribution in [0.25, 0.3) is 0 Å². The van der Waals surface area contributed by atoms with E-state index in [1.165, 1.54) is 12.8 Å². The molecule has 0 aromatic heterocycles. The third kappa shape index (κ3) is 4.56. The van der Waals surface area contributed by atoms with E-state index in [0.717, 1.165) is 0 Å². The second-order valence-corrected chi connectivity index (χ2v) is 6.78. The molecule has 5 heteroatoms. The minimum absolute atomic E-state index is 0.0521. The predicted molar refractivity (Wildman–Crippen MR) is 44.3 cm³/mol. The molecule has 1 unspecified atom stereocenters. The summed E-state index contributed by atoms with van der Waals surface area (Å²) in [5.41, 5.74) is 1.53. The highest BCUT2D eigenvalue weighted by molar-refractivity contribution is 6.77. The molecule has 0 saturated heterocycles. The van der Waals surface area contributed by atoms with Crippen LogP contribution in [0.5, 0.6) is 0 Å². The van der Waals surface area contributed by atoms with Crippen LogP contribution in [0.1, 0.15) is 6.42 Å². The smallest absolute Gasteiger partial charge is 0.388 e. The van der Waals surface area contributed by atoms with Crippen LogP contribution in [0.2, 0.25) is 12.6 Å². The lowest BCUT2D eigenvalue weighted by Crippen LogP contribution is -2.32. The molecular weight excluding hydrogens is 185 g/mol. The molecule has 0 rings (SSSR count). The summed E-state index contributed by atoms with van der Waals surface area (Å²) < 4.78 is 40.4. The maximum atomic E-state index is 11.8. The van der Waals surface area contributed by atoms with Crippen LogP contribution in [-0.4, -0.2) is 21.6 Å². The predicted octanol–water partition coefficient (Wildman–Crippen LogP) is 2.89. The molecule has 0 radical (unpaired) electrons. The lowest BCUT2D eigenvalue weighted by atomic mass is 10.5. The lowest BCUT2D eigenvalue weighted by molar-refractivity contribution is -0.131. The van der Waals surface area contributed by atoms with Gasteiger partial charge in [-0.05, 0) is 12.6 Å². The Kier molecular flexibility index (Phi) is 3.99. The molecule has 72 valence electrons. The van der Waals surface area contributed by atoms with Gasteiger partial charge in [-0.2, -0.15) is 13.2 Å². The molecule has 0 aromatic carbocycles. The van der Waals surface area contributed by atoms with Crippen molar-refractivity contribution in [3.8, 4) is 0 Å². The molecule has 1 atom stereocenters. The monoisotopic (exact) mass is 198 g/mol. The van der Waals surface area contributed by atoms with Gasteiger partial charge in [0, 0.05) is 13.5 Å². The number of halogens is 3. The van der Waals surface area contributed by atoms with Crippen molar-refractivity contribution in [1.29, 1.82) is 0 Å². The second kappa shape index (κ2) is 4.09. The van der Waals surface area contributed by atoms with Crippen LogP contribution in [0.3, 0.4) is 0 Å².